The molecule has 1 fully saturated rings. The van der Waals surface area contributed by atoms with Gasteiger partial charge in [0.15, 0.2) is 6.23 Å². The lowest BCUT2D eigenvalue weighted by molar-refractivity contribution is -0.115. The molecule has 0 aromatic carbocycles. The van der Waals surface area contributed by atoms with Crippen molar-refractivity contribution in [1.82, 2.24) is 9.55 Å². The Bertz CT molecular complexity index is 558. The quantitative estimate of drug-likeness (QED) is 0.671. The maximum Gasteiger partial charge on any atom is 0.351 e. The zero-order chi connectivity index (χ0) is 14.9. The van der Waals surface area contributed by atoms with Crippen molar-refractivity contribution >= 4 is 11.7 Å². The van der Waals surface area contributed by atoms with Crippen molar-refractivity contribution in [3.8, 4) is 0 Å². The number of ether oxygens (including phenoxy) is 1. The second-order valence-corrected chi connectivity index (χ2v) is 4.62. The molecule has 0 aliphatic carbocycles. The Balaban J connectivity index is 2.23. The van der Waals surface area contributed by atoms with Crippen molar-refractivity contribution in [3.63, 3.8) is 0 Å². The van der Waals surface area contributed by atoms with Gasteiger partial charge in [0.1, 0.15) is 18.0 Å². The predicted octanol–water partition coefficient (Wildman–Crippen LogP) is -0.769. The topological polar surface area (TPSA) is 114 Å². The summed E-state index contributed by atoms with van der Waals surface area (Å²) in [4.78, 5) is 26.8. The Morgan fingerprint density at radius 3 is 2.70 bits per heavy atom. The SMILES string of the molecule is CCC(=O)Nc1ccn([C@@H]2O[C@H](C)[C@@H](O)[C@@H]2O)c(=O)n1. The first-order valence-electron chi connectivity index (χ1n) is 6.34. The third-order valence-electron chi connectivity index (χ3n) is 3.17. The van der Waals surface area contributed by atoms with Crippen LogP contribution in [0.15, 0.2) is 17.1 Å². The lowest BCUT2D eigenvalue weighted by Crippen LogP contribution is -2.35. The van der Waals surface area contributed by atoms with Crippen LogP contribution in [0.4, 0.5) is 5.82 Å². The van der Waals surface area contributed by atoms with Gasteiger partial charge >= 0.3 is 5.69 Å². The molecular formula is C12H17N3O5. The Hall–Kier alpha value is -1.77. The zero-order valence-electron chi connectivity index (χ0n) is 11.2. The van der Waals surface area contributed by atoms with Crippen LogP contribution in [-0.4, -0.2) is 44.0 Å². The molecular weight excluding hydrogens is 266 g/mol. The molecule has 4 atom stereocenters. The first-order chi connectivity index (χ1) is 9.43. The van der Waals surface area contributed by atoms with Crippen molar-refractivity contribution in [3.05, 3.63) is 22.7 Å². The molecule has 0 bridgehead atoms. The Kier molecular flexibility index (Phi) is 4.17. The minimum atomic E-state index is -1.21. The van der Waals surface area contributed by atoms with Crippen LogP contribution in [0.25, 0.3) is 0 Å². The summed E-state index contributed by atoms with van der Waals surface area (Å²) in [5, 5.41) is 21.9. The van der Waals surface area contributed by atoms with Gasteiger partial charge in [-0.3, -0.25) is 9.36 Å². The maximum absolute atomic E-state index is 11.9. The van der Waals surface area contributed by atoms with E-state index in [1.54, 1.807) is 13.8 Å². The molecule has 20 heavy (non-hydrogen) atoms. The van der Waals surface area contributed by atoms with E-state index in [4.69, 9.17) is 4.74 Å². The smallest absolute Gasteiger partial charge is 0.351 e. The van der Waals surface area contributed by atoms with Gasteiger partial charge in [-0.1, -0.05) is 6.92 Å². The average Bonchev–Trinajstić information content (AvgIpc) is 2.66. The number of nitrogens with zero attached hydrogens (tertiary/aromatic N) is 2. The normalized spacial score (nSPS) is 29.4. The van der Waals surface area contributed by atoms with E-state index in [-0.39, 0.29) is 18.1 Å². The van der Waals surface area contributed by atoms with Crippen molar-refractivity contribution in [1.29, 1.82) is 0 Å². The predicted molar refractivity (Wildman–Crippen MR) is 69.0 cm³/mol. The third-order valence-corrected chi connectivity index (χ3v) is 3.17. The highest BCUT2D eigenvalue weighted by Gasteiger charge is 2.41. The van der Waals surface area contributed by atoms with Gasteiger partial charge in [-0.2, -0.15) is 4.98 Å². The van der Waals surface area contributed by atoms with Crippen molar-refractivity contribution < 1.29 is 19.7 Å². The number of aliphatic hydroxyl groups excluding tert-OH is 2. The molecule has 1 aromatic rings. The van der Waals surface area contributed by atoms with Crippen LogP contribution < -0.4 is 11.0 Å². The molecule has 1 aromatic heterocycles. The Morgan fingerprint density at radius 1 is 1.50 bits per heavy atom. The van der Waals surface area contributed by atoms with E-state index >= 15 is 0 Å². The Labute approximate surface area is 115 Å². The van der Waals surface area contributed by atoms with E-state index in [1.165, 1.54) is 12.3 Å². The lowest BCUT2D eigenvalue weighted by atomic mass is 10.1. The van der Waals surface area contributed by atoms with E-state index < -0.39 is 30.2 Å². The van der Waals surface area contributed by atoms with Gasteiger partial charge in [0, 0.05) is 12.6 Å². The van der Waals surface area contributed by atoms with Crippen LogP contribution in [0.5, 0.6) is 0 Å². The molecule has 110 valence electrons. The summed E-state index contributed by atoms with van der Waals surface area (Å²) < 4.78 is 6.41. The molecule has 0 saturated carbocycles. The van der Waals surface area contributed by atoms with Crippen molar-refractivity contribution in [2.75, 3.05) is 5.32 Å². The summed E-state index contributed by atoms with van der Waals surface area (Å²) in [6.45, 7) is 3.28. The molecule has 2 heterocycles. The van der Waals surface area contributed by atoms with Gasteiger partial charge in [0.25, 0.3) is 0 Å². The second-order valence-electron chi connectivity index (χ2n) is 4.62. The fraction of sp³-hybridized carbons (Fsp3) is 0.583. The number of carbonyl (C=O) groups is 1. The molecule has 0 radical (unpaired) electrons. The standard InChI is InChI=1S/C12H17N3O5/c1-3-8(16)13-7-4-5-15(12(19)14-7)11-10(18)9(17)6(2)20-11/h4-6,9-11,17-18H,3H2,1-2H3,(H,13,14,16,19)/t6-,9-,10+,11-/m1/s1. The number of nitrogens with one attached hydrogen (secondary N) is 1. The monoisotopic (exact) mass is 283 g/mol. The fourth-order valence-electron chi connectivity index (χ4n) is 1.96. The van der Waals surface area contributed by atoms with Crippen LogP contribution in [-0.2, 0) is 9.53 Å². The van der Waals surface area contributed by atoms with Crippen LogP contribution in [0.1, 0.15) is 26.5 Å². The number of anilines is 1. The second kappa shape index (κ2) is 5.70. The highest BCUT2D eigenvalue weighted by Crippen LogP contribution is 2.27. The highest BCUT2D eigenvalue weighted by atomic mass is 16.6. The summed E-state index contributed by atoms with van der Waals surface area (Å²) in [5.41, 5.74) is -0.677. The third kappa shape index (κ3) is 2.72. The van der Waals surface area contributed by atoms with Crippen LogP contribution in [0.2, 0.25) is 0 Å². The molecule has 8 nitrogen and oxygen atoms in total. The molecule has 1 amide bonds. The van der Waals surface area contributed by atoms with Crippen LogP contribution in [0.3, 0.4) is 0 Å². The van der Waals surface area contributed by atoms with Crippen molar-refractivity contribution in [2.45, 2.75) is 44.8 Å². The molecule has 3 N–H and O–H groups in total. The van der Waals surface area contributed by atoms with Crippen LogP contribution in [0, 0.1) is 0 Å². The van der Waals surface area contributed by atoms with Gasteiger partial charge in [-0.05, 0) is 13.0 Å². The first-order valence-corrected chi connectivity index (χ1v) is 6.34. The summed E-state index contributed by atoms with van der Waals surface area (Å²) in [5.74, 6) is -0.116. The Morgan fingerprint density at radius 2 is 2.20 bits per heavy atom. The summed E-state index contributed by atoms with van der Waals surface area (Å²) in [6, 6.07) is 1.43. The fourth-order valence-corrected chi connectivity index (χ4v) is 1.96. The number of aromatic nitrogens is 2. The van der Waals surface area contributed by atoms with Gasteiger partial charge in [0.2, 0.25) is 5.91 Å². The molecule has 8 heteroatoms. The molecule has 1 saturated heterocycles. The number of carbonyl (C=O) groups excluding carboxylic acids is 1. The minimum Gasteiger partial charge on any atom is -0.388 e. The van der Waals surface area contributed by atoms with Gasteiger partial charge in [0.05, 0.1) is 6.10 Å². The average molecular weight is 283 g/mol. The first kappa shape index (κ1) is 14.6. The van der Waals surface area contributed by atoms with E-state index in [1.807, 2.05) is 0 Å². The molecule has 0 spiro atoms. The summed E-state index contributed by atoms with van der Waals surface area (Å²) in [6.07, 6.45) is -2.21. The number of aliphatic hydroxyl groups is 2. The van der Waals surface area contributed by atoms with Gasteiger partial charge < -0.3 is 20.3 Å². The minimum absolute atomic E-state index is 0.138. The van der Waals surface area contributed by atoms with E-state index in [0.717, 1.165) is 4.57 Å². The highest BCUT2D eigenvalue weighted by molar-refractivity contribution is 5.89. The van der Waals surface area contributed by atoms with Crippen LogP contribution >= 0.6 is 0 Å². The lowest BCUT2D eigenvalue weighted by Gasteiger charge is -2.17. The molecule has 2 rings (SSSR count). The summed E-state index contributed by atoms with van der Waals surface area (Å²) in [7, 11) is 0. The molecule has 1 aliphatic heterocycles. The van der Waals surface area contributed by atoms with Gasteiger partial charge in [-0.25, -0.2) is 4.79 Å². The molecule has 0 unspecified atom stereocenters. The zero-order valence-corrected chi connectivity index (χ0v) is 11.2. The van der Waals surface area contributed by atoms with E-state index in [9.17, 15) is 19.8 Å². The number of hydrogen-bond acceptors (Lipinski definition) is 6. The van der Waals surface area contributed by atoms with Gasteiger partial charge in [-0.15, -0.1) is 0 Å². The summed E-state index contributed by atoms with van der Waals surface area (Å²) >= 11 is 0. The van der Waals surface area contributed by atoms with Crippen molar-refractivity contribution in [2.24, 2.45) is 0 Å². The van der Waals surface area contributed by atoms with E-state index in [0.29, 0.717) is 0 Å². The maximum atomic E-state index is 11.9. The van der Waals surface area contributed by atoms with E-state index in [2.05, 4.69) is 10.3 Å². The largest absolute Gasteiger partial charge is 0.388 e. The number of hydrogen-bond donors (Lipinski definition) is 3. The number of amides is 1. The molecule has 1 aliphatic rings. The number of rotatable bonds is 3.